The van der Waals surface area contributed by atoms with Crippen LogP contribution in [0.4, 0.5) is 4.39 Å². The number of nitriles is 1. The molecule has 0 unspecified atom stereocenters. The number of piperidine rings is 1. The molecule has 2 saturated heterocycles. The molecule has 2 aliphatic heterocycles. The fourth-order valence-corrected chi connectivity index (χ4v) is 7.78. The van der Waals surface area contributed by atoms with Crippen molar-refractivity contribution in [1.29, 1.82) is 5.26 Å². The number of hydrogen-bond acceptors (Lipinski definition) is 7. The second-order valence-corrected chi connectivity index (χ2v) is 13.0. The molecule has 0 N–H and O–H groups in total. The Morgan fingerprint density at radius 1 is 1.21 bits per heavy atom. The lowest BCUT2D eigenvalue weighted by atomic mass is 9.92. The molecule has 0 bridgehead atoms. The van der Waals surface area contributed by atoms with Gasteiger partial charge in [-0.1, -0.05) is 23.9 Å². The second kappa shape index (κ2) is 12.1. The molecule has 2 aliphatic rings. The van der Waals surface area contributed by atoms with Crippen LogP contribution in [0.3, 0.4) is 0 Å². The smallest absolute Gasteiger partial charge is 0.245 e. The van der Waals surface area contributed by atoms with E-state index in [4.69, 9.17) is 9.72 Å². The first-order chi connectivity index (χ1) is 22.7. The van der Waals surface area contributed by atoms with E-state index in [2.05, 4.69) is 34.9 Å². The molecule has 0 aliphatic carbocycles. The number of ether oxygens (including phenoxy) is 1. The van der Waals surface area contributed by atoms with Crippen LogP contribution in [0.25, 0.3) is 44.0 Å². The number of likely N-dealkylation sites (tertiary alicyclic amines) is 2. The number of aromatic nitrogens is 5. The Kier molecular flexibility index (Phi) is 7.92. The van der Waals surface area contributed by atoms with Crippen LogP contribution in [0, 0.1) is 24.1 Å². The van der Waals surface area contributed by atoms with Crippen molar-refractivity contribution in [2.75, 3.05) is 26.7 Å². The van der Waals surface area contributed by atoms with Gasteiger partial charge in [-0.05, 0) is 88.0 Å². The minimum absolute atomic E-state index is 0.0413. The summed E-state index contributed by atoms with van der Waals surface area (Å²) >= 11 is 0. The molecule has 10 nitrogen and oxygen atoms in total. The lowest BCUT2D eigenvalue weighted by molar-refractivity contribution is -0.127. The van der Waals surface area contributed by atoms with Crippen LogP contribution in [0.2, 0.25) is 0 Å². The number of fused-ring (bicyclic) bond motifs is 4. The Hall–Kier alpha value is -4.82. The zero-order valence-corrected chi connectivity index (χ0v) is 27.3. The number of carbonyl (C=O) groups excluding carboxylic acids is 1. The second-order valence-electron chi connectivity index (χ2n) is 13.0. The third kappa shape index (κ3) is 5.11. The molecular formula is C36H39FN8O2. The van der Waals surface area contributed by atoms with Crippen molar-refractivity contribution in [2.45, 2.75) is 64.1 Å². The summed E-state index contributed by atoms with van der Waals surface area (Å²) in [4.78, 5) is 21.2. The summed E-state index contributed by atoms with van der Waals surface area (Å²) in [6.45, 7) is 9.70. The predicted molar refractivity (Wildman–Crippen MR) is 180 cm³/mol. The van der Waals surface area contributed by atoms with Crippen molar-refractivity contribution in [1.82, 2.24) is 34.3 Å². The van der Waals surface area contributed by atoms with Crippen LogP contribution in [0.5, 0.6) is 5.88 Å². The number of amides is 1. The van der Waals surface area contributed by atoms with Gasteiger partial charge in [-0.2, -0.15) is 5.26 Å². The van der Waals surface area contributed by atoms with E-state index in [1.807, 2.05) is 60.6 Å². The molecule has 2 fully saturated rings. The monoisotopic (exact) mass is 634 g/mol. The SMILES string of the molecule is C=CC(=O)N1CCC(n2nnc3c(O[C@@H](C)[C@@H]4CCCN4C)nc4c(F)c(-c5cccc6c5c(CC#N)cn6C)c(C)cc4c32)CC1. The Morgan fingerprint density at radius 2 is 2.00 bits per heavy atom. The number of benzene rings is 2. The highest BCUT2D eigenvalue weighted by Crippen LogP contribution is 2.42. The van der Waals surface area contributed by atoms with Crippen LogP contribution in [0.15, 0.2) is 43.1 Å². The van der Waals surface area contributed by atoms with Gasteiger partial charge in [0, 0.05) is 54.2 Å². The maximum atomic E-state index is 17.2. The first kappa shape index (κ1) is 30.8. The fourth-order valence-electron chi connectivity index (χ4n) is 7.78. The minimum Gasteiger partial charge on any atom is -0.471 e. The average Bonchev–Trinajstić information content (AvgIpc) is 3.79. The number of carbonyl (C=O) groups is 1. The third-order valence-electron chi connectivity index (χ3n) is 10.1. The lowest BCUT2D eigenvalue weighted by Gasteiger charge is -2.31. The first-order valence-corrected chi connectivity index (χ1v) is 16.3. The summed E-state index contributed by atoms with van der Waals surface area (Å²) in [6.07, 6.45) is 6.76. The quantitative estimate of drug-likeness (QED) is 0.207. The highest BCUT2D eigenvalue weighted by atomic mass is 19.1. The van der Waals surface area contributed by atoms with Crippen molar-refractivity contribution in [2.24, 2.45) is 7.05 Å². The standard InChI is InChI=1S/C36H39FN8O2/c1-6-29(46)44-17-13-24(14-18-44)45-35-26-19-21(2)30(25-9-7-10-28-31(25)23(12-15-38)20-43(28)5)32(37)33(26)39-36(34(35)40-41-45)47-22(3)27-11-8-16-42(27)4/h6-7,9-10,19-20,22,24,27H,1,8,11-14,16-18H2,2-5H3/t22-,27-/m0/s1. The van der Waals surface area contributed by atoms with Crippen molar-refractivity contribution < 1.29 is 13.9 Å². The number of nitrogens with zero attached hydrogens (tertiary/aromatic N) is 8. The van der Waals surface area contributed by atoms with E-state index in [-0.39, 0.29) is 41.9 Å². The third-order valence-corrected chi connectivity index (χ3v) is 10.1. The van der Waals surface area contributed by atoms with Gasteiger partial charge in [-0.15, -0.1) is 5.10 Å². The number of pyridine rings is 1. The maximum absolute atomic E-state index is 17.2. The summed E-state index contributed by atoms with van der Waals surface area (Å²) in [5.41, 5.74) is 5.07. The lowest BCUT2D eigenvalue weighted by Crippen LogP contribution is -2.38. The molecule has 2 aromatic carbocycles. The number of hydrogen-bond donors (Lipinski definition) is 0. The van der Waals surface area contributed by atoms with Gasteiger partial charge in [-0.3, -0.25) is 9.69 Å². The highest BCUT2D eigenvalue weighted by Gasteiger charge is 2.32. The van der Waals surface area contributed by atoms with Crippen LogP contribution in [0.1, 0.15) is 49.8 Å². The summed E-state index contributed by atoms with van der Waals surface area (Å²) in [5.74, 6) is -0.266. The van der Waals surface area contributed by atoms with E-state index in [0.717, 1.165) is 47.0 Å². The Labute approximate surface area is 273 Å². The van der Waals surface area contributed by atoms with E-state index in [0.29, 0.717) is 47.9 Å². The van der Waals surface area contributed by atoms with Crippen molar-refractivity contribution in [3.05, 3.63) is 60.1 Å². The van der Waals surface area contributed by atoms with E-state index < -0.39 is 5.82 Å². The molecule has 5 heterocycles. The topological polar surface area (TPSA) is 105 Å². The molecule has 2 atom stereocenters. The number of aryl methyl sites for hydroxylation is 2. The maximum Gasteiger partial charge on any atom is 0.245 e. The molecule has 242 valence electrons. The van der Waals surface area contributed by atoms with Gasteiger partial charge in [-0.25, -0.2) is 14.1 Å². The van der Waals surface area contributed by atoms with Gasteiger partial charge in [0.15, 0.2) is 11.3 Å². The Morgan fingerprint density at radius 3 is 2.70 bits per heavy atom. The van der Waals surface area contributed by atoms with Crippen molar-refractivity contribution in [3.8, 4) is 23.1 Å². The molecular weight excluding hydrogens is 595 g/mol. The van der Waals surface area contributed by atoms with E-state index >= 15 is 4.39 Å². The van der Waals surface area contributed by atoms with E-state index in [9.17, 15) is 10.1 Å². The predicted octanol–water partition coefficient (Wildman–Crippen LogP) is 5.86. The van der Waals surface area contributed by atoms with Crippen LogP contribution in [-0.2, 0) is 18.3 Å². The zero-order valence-electron chi connectivity index (χ0n) is 27.3. The summed E-state index contributed by atoms with van der Waals surface area (Å²) in [5, 5.41) is 20.2. The van der Waals surface area contributed by atoms with E-state index in [1.165, 1.54) is 6.08 Å². The van der Waals surface area contributed by atoms with Crippen LogP contribution < -0.4 is 4.74 Å². The highest BCUT2D eigenvalue weighted by molar-refractivity contribution is 6.08. The van der Waals surface area contributed by atoms with Gasteiger partial charge in [0.25, 0.3) is 0 Å². The minimum atomic E-state index is -0.448. The fraction of sp³-hybridized carbons (Fsp3) is 0.417. The number of halogens is 1. The van der Waals surface area contributed by atoms with Crippen molar-refractivity contribution >= 4 is 38.7 Å². The van der Waals surface area contributed by atoms with Crippen LogP contribution in [-0.4, -0.2) is 79.1 Å². The molecule has 11 heteroatoms. The molecule has 5 aromatic rings. The largest absolute Gasteiger partial charge is 0.471 e. The molecule has 3 aromatic heterocycles. The molecule has 7 rings (SSSR count). The number of rotatable bonds is 7. The normalized spacial score (nSPS) is 18.3. The molecule has 0 radical (unpaired) electrons. The van der Waals surface area contributed by atoms with Gasteiger partial charge in [0.2, 0.25) is 11.8 Å². The van der Waals surface area contributed by atoms with Gasteiger partial charge in [0.1, 0.15) is 17.1 Å². The Bertz CT molecular complexity index is 2080. The van der Waals surface area contributed by atoms with Crippen LogP contribution >= 0.6 is 0 Å². The van der Waals surface area contributed by atoms with Gasteiger partial charge >= 0.3 is 0 Å². The van der Waals surface area contributed by atoms with Crippen molar-refractivity contribution in [3.63, 3.8) is 0 Å². The zero-order chi connectivity index (χ0) is 33.0. The molecule has 0 spiro atoms. The average molecular weight is 635 g/mol. The number of likely N-dealkylation sites (N-methyl/N-ethyl adjacent to an activating group) is 1. The summed E-state index contributed by atoms with van der Waals surface area (Å²) in [7, 11) is 4.04. The molecule has 0 saturated carbocycles. The summed E-state index contributed by atoms with van der Waals surface area (Å²) in [6, 6.07) is 10.2. The molecule has 47 heavy (non-hydrogen) atoms. The Balaban J connectivity index is 1.43. The van der Waals surface area contributed by atoms with Gasteiger partial charge < -0.3 is 14.2 Å². The molecule has 1 amide bonds. The first-order valence-electron chi connectivity index (χ1n) is 16.3. The summed E-state index contributed by atoms with van der Waals surface area (Å²) < 4.78 is 27.7. The van der Waals surface area contributed by atoms with E-state index in [1.54, 1.807) is 4.90 Å². The van der Waals surface area contributed by atoms with Gasteiger partial charge in [0.05, 0.1) is 18.5 Å².